The minimum Gasteiger partial charge on any atom is -0.475 e. The van der Waals surface area contributed by atoms with Gasteiger partial charge in [0, 0.05) is 17.8 Å². The number of nitrogens with two attached hydrogens (primary N) is 2. The summed E-state index contributed by atoms with van der Waals surface area (Å²) in [6, 6.07) is 2.13. The number of pyridine rings is 1. The van der Waals surface area contributed by atoms with Gasteiger partial charge in [0.2, 0.25) is 12.3 Å². The fourth-order valence-electron chi connectivity index (χ4n) is 1.35. The van der Waals surface area contributed by atoms with Crippen LogP contribution in [0.5, 0.6) is 5.88 Å². The van der Waals surface area contributed by atoms with Crippen LogP contribution >= 0.6 is 0 Å². The van der Waals surface area contributed by atoms with E-state index in [0.29, 0.717) is 0 Å². The predicted molar refractivity (Wildman–Crippen MR) is 83.9 cm³/mol. The highest BCUT2D eigenvalue weighted by atomic mass is 19.4. The highest BCUT2D eigenvalue weighted by Crippen LogP contribution is 2.30. The fraction of sp³-hybridized carbons (Fsp3) is 0.357. The largest absolute Gasteiger partial charge is 0.475 e. The molecule has 0 unspecified atom stereocenters. The number of primary amides is 1. The number of hydrogen-bond donors (Lipinski definition) is 3. The number of amidine groups is 1. The van der Waals surface area contributed by atoms with Crippen LogP contribution in [0.1, 0.15) is 32.0 Å². The molecule has 0 saturated heterocycles. The van der Waals surface area contributed by atoms with Gasteiger partial charge in [-0.25, -0.2) is 4.98 Å². The molecular weight excluding hydrogens is 327 g/mol. The van der Waals surface area contributed by atoms with Gasteiger partial charge in [0.15, 0.2) is 5.84 Å². The summed E-state index contributed by atoms with van der Waals surface area (Å²) in [5, 5.41) is 3.73. The Balaban J connectivity index is 0.00000163. The second-order valence-corrected chi connectivity index (χ2v) is 4.51. The number of hydrogen-bond acceptors (Lipinski definition) is 5. The van der Waals surface area contributed by atoms with E-state index in [9.17, 15) is 13.2 Å². The molecule has 24 heavy (non-hydrogen) atoms. The Bertz CT molecular complexity index is 586. The number of allylic oxidation sites excluding steroid dienone is 1. The van der Waals surface area contributed by atoms with Crippen molar-refractivity contribution in [2.45, 2.75) is 33.1 Å². The Hall–Kier alpha value is -2.78. The average Bonchev–Trinajstić information content (AvgIpc) is 2.46. The lowest BCUT2D eigenvalue weighted by Gasteiger charge is -2.13. The van der Waals surface area contributed by atoms with E-state index in [0.717, 1.165) is 6.07 Å². The SMILES string of the molecule is C/C=C\N/N=C(\N)c1cc(OC(C)C)nc(C(F)(F)F)c1.NC=O. The highest BCUT2D eigenvalue weighted by molar-refractivity contribution is 5.97. The van der Waals surface area contributed by atoms with E-state index in [2.05, 4.69) is 21.2 Å². The van der Waals surface area contributed by atoms with Gasteiger partial charge in [-0.1, -0.05) is 6.08 Å². The number of aromatic nitrogens is 1. The van der Waals surface area contributed by atoms with Crippen molar-refractivity contribution >= 4 is 12.2 Å². The number of halogens is 3. The van der Waals surface area contributed by atoms with Crippen molar-refractivity contribution in [3.63, 3.8) is 0 Å². The molecule has 0 aliphatic heterocycles. The molecule has 1 amide bonds. The molecule has 1 aromatic heterocycles. The van der Waals surface area contributed by atoms with E-state index in [4.69, 9.17) is 15.3 Å². The normalized spacial score (nSPS) is 11.9. The van der Waals surface area contributed by atoms with E-state index in [-0.39, 0.29) is 29.8 Å². The zero-order valence-corrected chi connectivity index (χ0v) is 13.5. The number of alkyl halides is 3. The van der Waals surface area contributed by atoms with Gasteiger partial charge in [-0.3, -0.25) is 10.2 Å². The number of nitrogens with zero attached hydrogens (tertiary/aromatic N) is 2. The minimum absolute atomic E-state index is 0.0741. The number of carbonyl (C=O) groups is 1. The van der Waals surface area contributed by atoms with E-state index in [1.54, 1.807) is 26.8 Å². The quantitative estimate of drug-likeness (QED) is 0.325. The minimum atomic E-state index is -4.60. The smallest absolute Gasteiger partial charge is 0.433 e. The highest BCUT2D eigenvalue weighted by Gasteiger charge is 2.33. The zero-order valence-electron chi connectivity index (χ0n) is 13.5. The van der Waals surface area contributed by atoms with E-state index in [1.165, 1.54) is 12.3 Å². The molecule has 0 atom stereocenters. The van der Waals surface area contributed by atoms with Crippen LogP contribution in [0.2, 0.25) is 0 Å². The van der Waals surface area contributed by atoms with Crippen LogP contribution in [0.4, 0.5) is 13.2 Å². The number of amides is 1. The van der Waals surface area contributed by atoms with Crippen molar-refractivity contribution in [1.82, 2.24) is 10.4 Å². The number of nitrogens with one attached hydrogen (secondary N) is 1. The molecule has 1 heterocycles. The number of ether oxygens (including phenoxy) is 1. The van der Waals surface area contributed by atoms with Gasteiger partial charge in [0.1, 0.15) is 5.69 Å². The lowest BCUT2D eigenvalue weighted by Crippen LogP contribution is -2.20. The van der Waals surface area contributed by atoms with Gasteiger partial charge in [-0.15, -0.1) is 0 Å². The summed E-state index contributed by atoms with van der Waals surface area (Å²) in [4.78, 5) is 12.0. The molecule has 10 heteroatoms. The summed E-state index contributed by atoms with van der Waals surface area (Å²) in [6.45, 7) is 5.13. The van der Waals surface area contributed by atoms with Crippen molar-refractivity contribution in [3.8, 4) is 5.88 Å². The molecule has 0 fully saturated rings. The second-order valence-electron chi connectivity index (χ2n) is 4.51. The summed E-state index contributed by atoms with van der Waals surface area (Å²) in [6.07, 6.45) is -1.50. The Morgan fingerprint density at radius 2 is 2.00 bits per heavy atom. The first-order valence-electron chi connectivity index (χ1n) is 6.77. The summed E-state index contributed by atoms with van der Waals surface area (Å²) >= 11 is 0. The standard InChI is InChI=1S/C13H17F3N4O.CH3NO/c1-4-5-18-20-12(17)9-6-10(13(14,15)16)19-11(7-9)21-8(2)3;2-1-3/h4-8,18H,1-3H3,(H2,17,20);1H,(H2,2,3)/b5-4-;. The molecular formula is C14H20F3N5O2. The number of carbonyl (C=O) groups excluding carboxylic acids is 1. The van der Waals surface area contributed by atoms with Crippen molar-refractivity contribution in [3.05, 3.63) is 35.7 Å². The topological polar surface area (TPSA) is 116 Å². The molecule has 134 valence electrons. The average molecular weight is 347 g/mol. The molecule has 0 aliphatic carbocycles. The lowest BCUT2D eigenvalue weighted by atomic mass is 10.2. The van der Waals surface area contributed by atoms with Gasteiger partial charge in [-0.05, 0) is 26.8 Å². The maximum Gasteiger partial charge on any atom is 0.433 e. The Labute approximate surface area is 137 Å². The Morgan fingerprint density at radius 3 is 2.46 bits per heavy atom. The van der Waals surface area contributed by atoms with Gasteiger partial charge in [-0.2, -0.15) is 18.3 Å². The third-order valence-electron chi connectivity index (χ3n) is 2.17. The van der Waals surface area contributed by atoms with E-state index >= 15 is 0 Å². The number of hydrazone groups is 1. The zero-order chi connectivity index (χ0) is 18.8. The Morgan fingerprint density at radius 1 is 1.42 bits per heavy atom. The lowest BCUT2D eigenvalue weighted by molar-refractivity contribution is -0.141. The summed E-state index contributed by atoms with van der Waals surface area (Å²) in [7, 11) is 0. The predicted octanol–water partition coefficient (Wildman–Crippen LogP) is 1.73. The van der Waals surface area contributed by atoms with Crippen molar-refractivity contribution in [2.75, 3.05) is 0 Å². The van der Waals surface area contributed by atoms with Crippen LogP contribution in [-0.4, -0.2) is 23.3 Å². The van der Waals surface area contributed by atoms with E-state index in [1.807, 2.05) is 0 Å². The van der Waals surface area contributed by atoms with Crippen molar-refractivity contribution in [1.29, 1.82) is 0 Å². The number of rotatable bonds is 5. The maximum atomic E-state index is 12.8. The van der Waals surface area contributed by atoms with Crippen molar-refractivity contribution in [2.24, 2.45) is 16.6 Å². The summed E-state index contributed by atoms with van der Waals surface area (Å²) in [5.74, 6) is -0.256. The van der Waals surface area contributed by atoms with Crippen molar-refractivity contribution < 1.29 is 22.7 Å². The van der Waals surface area contributed by atoms with Crippen LogP contribution in [-0.2, 0) is 11.0 Å². The fourth-order valence-corrected chi connectivity index (χ4v) is 1.35. The molecule has 1 rings (SSSR count). The molecule has 7 nitrogen and oxygen atoms in total. The van der Waals surface area contributed by atoms with Crippen LogP contribution in [0.25, 0.3) is 0 Å². The van der Waals surface area contributed by atoms with Crippen LogP contribution in [0.3, 0.4) is 0 Å². The monoisotopic (exact) mass is 347 g/mol. The van der Waals surface area contributed by atoms with Gasteiger partial charge in [0.25, 0.3) is 0 Å². The molecule has 0 aromatic carbocycles. The Kier molecular flexibility index (Phi) is 8.91. The third-order valence-corrected chi connectivity index (χ3v) is 2.17. The molecule has 5 N–H and O–H groups in total. The molecule has 0 spiro atoms. The molecule has 0 radical (unpaired) electrons. The molecule has 0 bridgehead atoms. The van der Waals surface area contributed by atoms with E-state index < -0.39 is 11.9 Å². The second kappa shape index (κ2) is 10.1. The molecule has 0 aliphatic rings. The third kappa shape index (κ3) is 8.01. The first-order valence-corrected chi connectivity index (χ1v) is 6.77. The van der Waals surface area contributed by atoms with Crippen LogP contribution in [0, 0.1) is 0 Å². The van der Waals surface area contributed by atoms with Gasteiger partial charge in [0.05, 0.1) is 6.10 Å². The molecule has 1 aromatic rings. The first kappa shape index (κ1) is 21.2. The van der Waals surface area contributed by atoms with Crippen LogP contribution in [0.15, 0.2) is 29.5 Å². The summed E-state index contributed by atoms with van der Waals surface area (Å²) in [5.41, 5.74) is 11.3. The maximum absolute atomic E-state index is 12.8. The first-order chi connectivity index (χ1) is 11.1. The van der Waals surface area contributed by atoms with Crippen LogP contribution < -0.4 is 21.6 Å². The van der Waals surface area contributed by atoms with Gasteiger partial charge < -0.3 is 16.2 Å². The summed E-state index contributed by atoms with van der Waals surface area (Å²) < 4.78 is 43.7. The van der Waals surface area contributed by atoms with Gasteiger partial charge >= 0.3 is 6.18 Å². The molecule has 0 saturated carbocycles.